The minimum atomic E-state index is 0. The van der Waals surface area contributed by atoms with Crippen molar-refractivity contribution in [2.45, 2.75) is 31.1 Å². The second-order valence-electron chi connectivity index (χ2n) is 5.81. The van der Waals surface area contributed by atoms with E-state index in [9.17, 15) is 4.79 Å². The van der Waals surface area contributed by atoms with E-state index in [4.69, 9.17) is 5.73 Å². The Labute approximate surface area is 146 Å². The van der Waals surface area contributed by atoms with E-state index < -0.39 is 0 Å². The number of hydrogen-bond acceptors (Lipinski definition) is 4. The standard InChI is InChI=1S/C16H22N4OS.ClH/c1-11(16-18-13-4-2-3-5-14(13)19-16)22-10-15(21)20-8-6-12(17)7-9-20;/h2-5,11-12H,6-10,17H2,1H3,(H,18,19);1H. The number of carbonyl (C=O) groups is 1. The van der Waals surface area contributed by atoms with Gasteiger partial charge >= 0.3 is 0 Å². The van der Waals surface area contributed by atoms with E-state index in [1.54, 1.807) is 11.8 Å². The summed E-state index contributed by atoms with van der Waals surface area (Å²) >= 11 is 1.63. The molecule has 7 heteroatoms. The SMILES string of the molecule is CC(SCC(=O)N1CCC(N)CC1)c1nc2ccccc2[nH]1.Cl. The largest absolute Gasteiger partial charge is 0.342 e. The third-order valence-corrected chi connectivity index (χ3v) is 5.28. The van der Waals surface area contributed by atoms with Crippen LogP contribution in [-0.4, -0.2) is 45.7 Å². The molecule has 1 atom stereocenters. The number of thioether (sulfide) groups is 1. The molecule has 126 valence electrons. The minimum Gasteiger partial charge on any atom is -0.342 e. The van der Waals surface area contributed by atoms with Crippen LogP contribution in [0, 0.1) is 0 Å². The number of aromatic nitrogens is 2. The van der Waals surface area contributed by atoms with Crippen LogP contribution in [-0.2, 0) is 4.79 Å². The first-order chi connectivity index (χ1) is 10.6. The molecule has 0 bridgehead atoms. The molecule has 0 spiro atoms. The molecule has 1 saturated heterocycles. The number of aromatic amines is 1. The second kappa shape index (κ2) is 8.04. The van der Waals surface area contributed by atoms with Crippen molar-refractivity contribution in [3.8, 4) is 0 Å². The summed E-state index contributed by atoms with van der Waals surface area (Å²) in [5.74, 6) is 1.63. The number of piperidine rings is 1. The molecule has 23 heavy (non-hydrogen) atoms. The number of rotatable bonds is 4. The van der Waals surface area contributed by atoms with Crippen molar-refractivity contribution in [2.24, 2.45) is 5.73 Å². The molecule has 5 nitrogen and oxygen atoms in total. The number of halogens is 1. The van der Waals surface area contributed by atoms with Crippen LogP contribution in [0.3, 0.4) is 0 Å². The summed E-state index contributed by atoms with van der Waals surface area (Å²) in [5, 5.41) is 0.170. The van der Waals surface area contributed by atoms with Gasteiger partial charge in [-0.15, -0.1) is 24.2 Å². The zero-order chi connectivity index (χ0) is 15.5. The molecule has 1 aromatic carbocycles. The average molecular weight is 355 g/mol. The van der Waals surface area contributed by atoms with Gasteiger partial charge in [-0.3, -0.25) is 4.79 Å². The van der Waals surface area contributed by atoms with E-state index in [0.29, 0.717) is 5.75 Å². The first-order valence-electron chi connectivity index (χ1n) is 7.73. The highest BCUT2D eigenvalue weighted by Crippen LogP contribution is 2.28. The fourth-order valence-corrected chi connectivity index (χ4v) is 3.53. The Balaban J connectivity index is 0.00000192. The molecule has 1 aliphatic heterocycles. The number of likely N-dealkylation sites (tertiary alicyclic amines) is 1. The molecule has 1 aliphatic rings. The lowest BCUT2D eigenvalue weighted by atomic mass is 10.1. The number of hydrogen-bond donors (Lipinski definition) is 2. The maximum absolute atomic E-state index is 12.2. The van der Waals surface area contributed by atoms with Crippen LogP contribution < -0.4 is 5.73 Å². The molecular formula is C16H23ClN4OS. The molecule has 2 aromatic rings. The number of nitrogens with one attached hydrogen (secondary N) is 1. The summed E-state index contributed by atoms with van der Waals surface area (Å²) in [4.78, 5) is 22.1. The number of H-pyrrole nitrogens is 1. The molecular weight excluding hydrogens is 332 g/mol. The topological polar surface area (TPSA) is 75.0 Å². The Morgan fingerprint density at radius 2 is 2.13 bits per heavy atom. The smallest absolute Gasteiger partial charge is 0.232 e. The van der Waals surface area contributed by atoms with Crippen LogP contribution in [0.1, 0.15) is 30.8 Å². The highest BCUT2D eigenvalue weighted by Gasteiger charge is 2.21. The van der Waals surface area contributed by atoms with Gasteiger partial charge in [-0.1, -0.05) is 12.1 Å². The lowest BCUT2D eigenvalue weighted by Gasteiger charge is -2.30. The quantitative estimate of drug-likeness (QED) is 0.885. The van der Waals surface area contributed by atoms with Crippen LogP contribution in [0.5, 0.6) is 0 Å². The Morgan fingerprint density at radius 1 is 1.43 bits per heavy atom. The van der Waals surface area contributed by atoms with E-state index in [0.717, 1.165) is 42.8 Å². The maximum Gasteiger partial charge on any atom is 0.232 e. The molecule has 0 radical (unpaired) electrons. The summed E-state index contributed by atoms with van der Waals surface area (Å²) < 4.78 is 0. The molecule has 3 rings (SSSR count). The molecule has 2 heterocycles. The Hall–Kier alpha value is -1.24. The number of benzene rings is 1. The molecule has 1 fully saturated rings. The van der Waals surface area contributed by atoms with Crippen molar-refractivity contribution < 1.29 is 4.79 Å². The summed E-state index contributed by atoms with van der Waals surface area (Å²) in [6.07, 6.45) is 1.82. The number of imidazole rings is 1. The average Bonchev–Trinajstić information content (AvgIpc) is 2.97. The molecule has 0 saturated carbocycles. The van der Waals surface area contributed by atoms with Gasteiger partial charge in [0.2, 0.25) is 5.91 Å². The number of para-hydroxylation sites is 2. The van der Waals surface area contributed by atoms with Crippen molar-refractivity contribution in [3.05, 3.63) is 30.1 Å². The minimum absolute atomic E-state index is 0. The zero-order valence-corrected chi connectivity index (χ0v) is 14.8. The summed E-state index contributed by atoms with van der Waals surface area (Å²) in [6.45, 7) is 3.67. The van der Waals surface area contributed by atoms with Crippen LogP contribution in [0.15, 0.2) is 24.3 Å². The van der Waals surface area contributed by atoms with Gasteiger partial charge in [-0.25, -0.2) is 4.98 Å². The van der Waals surface area contributed by atoms with Gasteiger partial charge in [0, 0.05) is 19.1 Å². The number of nitrogens with two attached hydrogens (primary N) is 1. The predicted molar refractivity (Wildman–Crippen MR) is 98.0 cm³/mol. The Kier molecular flexibility index (Phi) is 6.33. The monoisotopic (exact) mass is 354 g/mol. The Morgan fingerprint density at radius 3 is 2.83 bits per heavy atom. The first-order valence-corrected chi connectivity index (χ1v) is 8.78. The molecule has 0 aliphatic carbocycles. The van der Waals surface area contributed by atoms with Gasteiger partial charge in [0.15, 0.2) is 0 Å². The first kappa shape index (κ1) is 18.1. The van der Waals surface area contributed by atoms with Crippen LogP contribution in [0.2, 0.25) is 0 Å². The number of carbonyl (C=O) groups excluding carboxylic acids is 1. The maximum atomic E-state index is 12.2. The van der Waals surface area contributed by atoms with E-state index in [1.165, 1.54) is 0 Å². The van der Waals surface area contributed by atoms with Crippen molar-refractivity contribution in [3.63, 3.8) is 0 Å². The summed E-state index contributed by atoms with van der Waals surface area (Å²) in [6, 6.07) is 8.24. The lowest BCUT2D eigenvalue weighted by molar-refractivity contribution is -0.129. The molecule has 3 N–H and O–H groups in total. The molecule has 1 aromatic heterocycles. The van der Waals surface area contributed by atoms with Crippen LogP contribution in [0.4, 0.5) is 0 Å². The molecule has 1 unspecified atom stereocenters. The van der Waals surface area contributed by atoms with Gasteiger partial charge in [-0.05, 0) is 31.9 Å². The summed E-state index contributed by atoms with van der Waals surface area (Å²) in [7, 11) is 0. The van der Waals surface area contributed by atoms with Crippen molar-refractivity contribution in [2.75, 3.05) is 18.8 Å². The third-order valence-electron chi connectivity index (χ3n) is 4.14. The van der Waals surface area contributed by atoms with E-state index in [-0.39, 0.29) is 29.6 Å². The van der Waals surface area contributed by atoms with Crippen molar-refractivity contribution >= 4 is 41.1 Å². The summed E-state index contributed by atoms with van der Waals surface area (Å²) in [5.41, 5.74) is 7.89. The zero-order valence-electron chi connectivity index (χ0n) is 13.2. The van der Waals surface area contributed by atoms with Gasteiger partial charge in [0.25, 0.3) is 0 Å². The van der Waals surface area contributed by atoms with E-state index in [1.807, 2.05) is 29.2 Å². The predicted octanol–water partition coefficient (Wildman–Crippen LogP) is 2.73. The van der Waals surface area contributed by atoms with Crippen molar-refractivity contribution in [1.82, 2.24) is 14.9 Å². The van der Waals surface area contributed by atoms with Crippen LogP contribution in [0.25, 0.3) is 11.0 Å². The van der Waals surface area contributed by atoms with Crippen molar-refractivity contribution in [1.29, 1.82) is 0 Å². The number of nitrogens with zero attached hydrogens (tertiary/aromatic N) is 2. The van der Waals surface area contributed by atoms with E-state index >= 15 is 0 Å². The Bertz CT molecular complexity index is 621. The normalized spacial score (nSPS) is 17.0. The van der Waals surface area contributed by atoms with Gasteiger partial charge in [0.1, 0.15) is 5.82 Å². The highest BCUT2D eigenvalue weighted by atomic mass is 35.5. The fourth-order valence-electron chi connectivity index (χ4n) is 2.68. The second-order valence-corrected chi connectivity index (χ2v) is 7.14. The number of fused-ring (bicyclic) bond motifs is 1. The van der Waals surface area contributed by atoms with Crippen LogP contribution >= 0.6 is 24.2 Å². The lowest BCUT2D eigenvalue weighted by Crippen LogP contribution is -2.43. The molecule has 1 amide bonds. The van der Waals surface area contributed by atoms with Gasteiger partial charge < -0.3 is 15.6 Å². The van der Waals surface area contributed by atoms with E-state index in [2.05, 4.69) is 16.9 Å². The van der Waals surface area contributed by atoms with Gasteiger partial charge in [0.05, 0.1) is 22.0 Å². The number of amides is 1. The third kappa shape index (κ3) is 4.40. The van der Waals surface area contributed by atoms with Gasteiger partial charge in [-0.2, -0.15) is 0 Å². The highest BCUT2D eigenvalue weighted by molar-refractivity contribution is 8.00. The fraction of sp³-hybridized carbons (Fsp3) is 0.500.